The van der Waals surface area contributed by atoms with Gasteiger partial charge >= 0.3 is 0 Å². The second-order valence-corrected chi connectivity index (χ2v) is 8.04. The van der Waals surface area contributed by atoms with Crippen molar-refractivity contribution >= 4 is 21.7 Å². The third-order valence-electron chi connectivity index (χ3n) is 5.44. The lowest BCUT2D eigenvalue weighted by Crippen LogP contribution is -2.17. The van der Waals surface area contributed by atoms with Crippen LogP contribution >= 0.6 is 0 Å². The first-order chi connectivity index (χ1) is 14.5. The molecule has 0 bridgehead atoms. The number of nitrogens with zero attached hydrogens (tertiary/aromatic N) is 2. The van der Waals surface area contributed by atoms with E-state index in [1.54, 1.807) is 36.1 Å². The largest absolute Gasteiger partial charge is 0.493 e. The fourth-order valence-electron chi connectivity index (χ4n) is 3.80. The summed E-state index contributed by atoms with van der Waals surface area (Å²) in [6.45, 7) is 4.97. The highest BCUT2D eigenvalue weighted by Gasteiger charge is 2.15. The van der Waals surface area contributed by atoms with Crippen molar-refractivity contribution in [1.29, 1.82) is 0 Å². The molecule has 0 atom stereocenters. The summed E-state index contributed by atoms with van der Waals surface area (Å²) in [5.74, 6) is 1.03. The van der Waals surface area contributed by atoms with E-state index >= 15 is 0 Å². The van der Waals surface area contributed by atoms with Gasteiger partial charge in [0.25, 0.3) is 5.56 Å². The van der Waals surface area contributed by atoms with Crippen LogP contribution in [-0.4, -0.2) is 16.2 Å². The molecule has 0 saturated carbocycles. The number of rotatable bonds is 6. The Morgan fingerprint density at radius 3 is 2.57 bits per heavy atom. The van der Waals surface area contributed by atoms with Crippen molar-refractivity contribution in [1.82, 2.24) is 9.55 Å². The molecule has 0 aliphatic rings. The number of halogens is 1. The van der Waals surface area contributed by atoms with Crippen LogP contribution in [0.2, 0.25) is 0 Å². The molecule has 0 saturated heterocycles. The molecular formula is C25H25FN2O2. The minimum atomic E-state index is -0.280. The lowest BCUT2D eigenvalue weighted by Gasteiger charge is -2.16. The van der Waals surface area contributed by atoms with Crippen LogP contribution in [0.5, 0.6) is 5.75 Å². The van der Waals surface area contributed by atoms with Gasteiger partial charge in [0.15, 0.2) is 0 Å². The molecule has 0 N–H and O–H groups in total. The summed E-state index contributed by atoms with van der Waals surface area (Å²) in [6, 6.07) is 12.2. The minimum Gasteiger partial charge on any atom is -0.493 e. The van der Waals surface area contributed by atoms with E-state index < -0.39 is 0 Å². The second kappa shape index (κ2) is 8.27. The molecular weight excluding hydrogens is 379 g/mol. The van der Waals surface area contributed by atoms with Gasteiger partial charge in [0, 0.05) is 36.5 Å². The van der Waals surface area contributed by atoms with E-state index in [1.165, 1.54) is 12.1 Å². The zero-order valence-electron chi connectivity index (χ0n) is 17.5. The van der Waals surface area contributed by atoms with Crippen LogP contribution in [0.1, 0.15) is 26.7 Å². The molecule has 4 nitrogen and oxygen atoms in total. The van der Waals surface area contributed by atoms with Crippen LogP contribution in [0, 0.1) is 11.7 Å². The number of hydrogen-bond acceptors (Lipinski definition) is 3. The maximum atomic E-state index is 13.5. The Morgan fingerprint density at radius 2 is 1.83 bits per heavy atom. The Kier molecular flexibility index (Phi) is 5.53. The molecule has 0 fully saturated rings. The second-order valence-electron chi connectivity index (χ2n) is 8.04. The van der Waals surface area contributed by atoms with E-state index in [0.29, 0.717) is 23.7 Å². The van der Waals surface area contributed by atoms with Gasteiger partial charge in [-0.05, 0) is 54.0 Å². The highest BCUT2D eigenvalue weighted by Crippen LogP contribution is 2.36. The van der Waals surface area contributed by atoms with Gasteiger partial charge in [-0.25, -0.2) is 4.39 Å². The van der Waals surface area contributed by atoms with E-state index in [0.717, 1.165) is 40.3 Å². The van der Waals surface area contributed by atoms with Crippen LogP contribution < -0.4 is 10.3 Å². The molecule has 5 heteroatoms. The van der Waals surface area contributed by atoms with Gasteiger partial charge in [-0.3, -0.25) is 9.78 Å². The summed E-state index contributed by atoms with van der Waals surface area (Å²) >= 11 is 0. The number of fused-ring (bicyclic) bond motifs is 3. The highest BCUT2D eigenvalue weighted by atomic mass is 19.1. The highest BCUT2D eigenvalue weighted by molar-refractivity contribution is 6.07. The van der Waals surface area contributed by atoms with E-state index in [4.69, 9.17) is 4.74 Å². The van der Waals surface area contributed by atoms with Gasteiger partial charge in [0.1, 0.15) is 11.6 Å². The molecule has 0 amide bonds. The van der Waals surface area contributed by atoms with Crippen molar-refractivity contribution in [3.8, 4) is 16.9 Å². The fourth-order valence-corrected chi connectivity index (χ4v) is 3.80. The standard InChI is InChI=1S/C25H25FN2O2/c1-16(2)5-4-12-30-24-14-23-21(13-20(24)17-6-8-18(26)9-7-17)19-10-11-27-15-22(19)25(29)28(23)3/h6-11,13-16H,4-5,12H2,1-3H3. The summed E-state index contributed by atoms with van der Waals surface area (Å²) in [5, 5.41) is 2.35. The first-order valence-electron chi connectivity index (χ1n) is 10.2. The Bertz CT molecular complexity index is 1260. The number of hydrogen-bond donors (Lipinski definition) is 0. The van der Waals surface area contributed by atoms with E-state index in [9.17, 15) is 9.18 Å². The molecule has 0 spiro atoms. The quantitative estimate of drug-likeness (QED) is 0.305. The molecule has 2 aromatic carbocycles. The van der Waals surface area contributed by atoms with Crippen molar-refractivity contribution in [2.24, 2.45) is 13.0 Å². The zero-order chi connectivity index (χ0) is 21.3. The normalized spacial score (nSPS) is 11.5. The van der Waals surface area contributed by atoms with Crippen LogP contribution in [0.25, 0.3) is 32.8 Å². The number of pyridine rings is 2. The number of benzene rings is 2. The van der Waals surface area contributed by atoms with Crippen LogP contribution in [0.4, 0.5) is 4.39 Å². The van der Waals surface area contributed by atoms with Crippen LogP contribution in [-0.2, 0) is 7.05 Å². The zero-order valence-corrected chi connectivity index (χ0v) is 17.5. The Morgan fingerprint density at radius 1 is 1.07 bits per heavy atom. The summed E-state index contributed by atoms with van der Waals surface area (Å²) in [7, 11) is 1.76. The molecule has 0 unspecified atom stereocenters. The van der Waals surface area contributed by atoms with Crippen molar-refractivity contribution in [3.63, 3.8) is 0 Å². The van der Waals surface area contributed by atoms with Crippen molar-refractivity contribution < 1.29 is 9.13 Å². The Hall–Kier alpha value is -3.21. The molecule has 2 aromatic heterocycles. The number of ether oxygens (including phenoxy) is 1. The first-order valence-corrected chi connectivity index (χ1v) is 10.2. The minimum absolute atomic E-state index is 0.0918. The third-order valence-corrected chi connectivity index (χ3v) is 5.44. The molecule has 0 aliphatic heterocycles. The van der Waals surface area contributed by atoms with Gasteiger partial charge in [-0.2, -0.15) is 0 Å². The maximum Gasteiger partial charge on any atom is 0.260 e. The topological polar surface area (TPSA) is 44.1 Å². The summed E-state index contributed by atoms with van der Waals surface area (Å²) in [4.78, 5) is 16.9. The van der Waals surface area contributed by atoms with E-state index in [-0.39, 0.29) is 11.4 Å². The predicted octanol–water partition coefficient (Wildman–Crippen LogP) is 5.71. The Balaban J connectivity index is 1.92. The van der Waals surface area contributed by atoms with Crippen LogP contribution in [0.3, 0.4) is 0 Å². The van der Waals surface area contributed by atoms with Gasteiger partial charge in [-0.1, -0.05) is 26.0 Å². The average molecular weight is 404 g/mol. The van der Waals surface area contributed by atoms with Crippen molar-refractivity contribution in [2.45, 2.75) is 26.7 Å². The predicted molar refractivity (Wildman–Crippen MR) is 119 cm³/mol. The molecule has 154 valence electrons. The lowest BCUT2D eigenvalue weighted by atomic mass is 9.99. The Labute approximate surface area is 174 Å². The molecule has 4 rings (SSSR count). The molecule has 30 heavy (non-hydrogen) atoms. The molecule has 2 heterocycles. The summed E-state index contributed by atoms with van der Waals surface area (Å²) in [6.07, 6.45) is 5.32. The van der Waals surface area contributed by atoms with Gasteiger partial charge in [0.2, 0.25) is 0 Å². The smallest absolute Gasteiger partial charge is 0.260 e. The first kappa shape index (κ1) is 20.1. The van der Waals surface area contributed by atoms with Crippen molar-refractivity contribution in [3.05, 3.63) is 71.0 Å². The molecule has 0 radical (unpaired) electrons. The van der Waals surface area contributed by atoms with Gasteiger partial charge in [-0.15, -0.1) is 0 Å². The van der Waals surface area contributed by atoms with Crippen molar-refractivity contribution in [2.75, 3.05) is 6.61 Å². The lowest BCUT2D eigenvalue weighted by molar-refractivity contribution is 0.299. The maximum absolute atomic E-state index is 13.5. The molecule has 0 aliphatic carbocycles. The molecule has 4 aromatic rings. The number of aryl methyl sites for hydroxylation is 1. The van der Waals surface area contributed by atoms with Gasteiger partial charge in [0.05, 0.1) is 17.5 Å². The SMILES string of the molecule is CC(C)CCCOc1cc2c(cc1-c1ccc(F)cc1)c1ccncc1c(=O)n2C. The monoisotopic (exact) mass is 404 g/mol. The van der Waals surface area contributed by atoms with Gasteiger partial charge < -0.3 is 9.30 Å². The van der Waals surface area contributed by atoms with E-state index in [1.807, 2.05) is 18.2 Å². The van der Waals surface area contributed by atoms with Crippen LogP contribution in [0.15, 0.2) is 59.7 Å². The van der Waals surface area contributed by atoms with E-state index in [2.05, 4.69) is 18.8 Å². The summed E-state index contributed by atoms with van der Waals surface area (Å²) in [5.41, 5.74) is 2.45. The summed E-state index contributed by atoms with van der Waals surface area (Å²) < 4.78 is 21.3. The number of aromatic nitrogens is 2. The fraction of sp³-hybridized carbons (Fsp3) is 0.280. The third kappa shape index (κ3) is 3.80. The average Bonchev–Trinajstić information content (AvgIpc) is 2.75.